The summed E-state index contributed by atoms with van der Waals surface area (Å²) in [6, 6.07) is 5.79. The van der Waals surface area contributed by atoms with Crippen molar-refractivity contribution in [2.75, 3.05) is 19.6 Å². The summed E-state index contributed by atoms with van der Waals surface area (Å²) in [4.78, 5) is 25.2. The van der Waals surface area contributed by atoms with Gasteiger partial charge < -0.3 is 15.5 Å². The first-order valence-electron chi connectivity index (χ1n) is 7.26. The van der Waals surface area contributed by atoms with Crippen LogP contribution < -0.4 is 10.6 Å². The predicted molar refractivity (Wildman–Crippen MR) is 81.8 cm³/mol. The monoisotopic (exact) mass is 305 g/mol. The van der Waals surface area contributed by atoms with Crippen LogP contribution in [0.15, 0.2) is 36.9 Å². The van der Waals surface area contributed by atoms with Crippen LogP contribution in [-0.2, 0) is 11.2 Å². The molecule has 2 N–H and O–H groups in total. The first kappa shape index (κ1) is 16.0. The number of carbonyl (C=O) groups is 2. The number of likely N-dealkylation sites (tertiary alicyclic amines) is 1. The fourth-order valence-corrected chi connectivity index (χ4v) is 2.40. The van der Waals surface area contributed by atoms with Gasteiger partial charge in [-0.05, 0) is 24.1 Å². The molecule has 5 nitrogen and oxygen atoms in total. The average Bonchev–Trinajstić information content (AvgIpc) is 2.84. The Bertz CT molecular complexity index is 545. The quantitative estimate of drug-likeness (QED) is 0.782. The molecule has 1 unspecified atom stereocenters. The zero-order valence-electron chi connectivity index (χ0n) is 12.3. The van der Waals surface area contributed by atoms with Crippen molar-refractivity contribution in [1.82, 2.24) is 15.5 Å². The Kier molecular flexibility index (Phi) is 5.52. The lowest BCUT2D eigenvalue weighted by Gasteiger charge is -2.17. The number of carbonyl (C=O) groups excluding carboxylic acids is 2. The zero-order valence-corrected chi connectivity index (χ0v) is 12.3. The second-order valence-electron chi connectivity index (χ2n) is 5.26. The summed E-state index contributed by atoms with van der Waals surface area (Å²) < 4.78 is 12.8. The van der Waals surface area contributed by atoms with Gasteiger partial charge in [0.1, 0.15) is 5.82 Å². The molecule has 22 heavy (non-hydrogen) atoms. The topological polar surface area (TPSA) is 61.4 Å². The minimum atomic E-state index is -0.293. The van der Waals surface area contributed by atoms with Crippen LogP contribution in [0.5, 0.6) is 0 Å². The SMILES string of the molecule is C=CCNC(=O)NC1CC(=O)N(CCc2ccc(F)cc2)C1. The van der Waals surface area contributed by atoms with Crippen molar-refractivity contribution in [1.29, 1.82) is 0 Å². The molecule has 0 aromatic heterocycles. The normalized spacial score (nSPS) is 17.4. The fraction of sp³-hybridized carbons (Fsp3) is 0.375. The maximum Gasteiger partial charge on any atom is 0.315 e. The summed E-state index contributed by atoms with van der Waals surface area (Å²) in [6.45, 7) is 4.98. The third-order valence-electron chi connectivity index (χ3n) is 3.54. The second-order valence-corrected chi connectivity index (χ2v) is 5.26. The summed E-state index contributed by atoms with van der Waals surface area (Å²) in [5.41, 5.74) is 0.981. The van der Waals surface area contributed by atoms with E-state index in [0.29, 0.717) is 32.5 Å². The number of nitrogens with zero attached hydrogens (tertiary/aromatic N) is 1. The van der Waals surface area contributed by atoms with Crippen LogP contribution in [0.25, 0.3) is 0 Å². The zero-order chi connectivity index (χ0) is 15.9. The maximum atomic E-state index is 12.8. The Morgan fingerprint density at radius 3 is 2.82 bits per heavy atom. The third-order valence-corrected chi connectivity index (χ3v) is 3.54. The molecule has 1 aromatic carbocycles. The van der Waals surface area contributed by atoms with E-state index in [1.165, 1.54) is 12.1 Å². The highest BCUT2D eigenvalue weighted by Crippen LogP contribution is 2.12. The molecule has 0 bridgehead atoms. The Morgan fingerprint density at radius 1 is 1.41 bits per heavy atom. The van der Waals surface area contributed by atoms with E-state index in [1.54, 1.807) is 23.1 Å². The largest absolute Gasteiger partial charge is 0.340 e. The van der Waals surface area contributed by atoms with Crippen LogP contribution in [0.2, 0.25) is 0 Å². The minimum absolute atomic E-state index is 0.0242. The summed E-state index contributed by atoms with van der Waals surface area (Å²) in [5, 5.41) is 5.39. The molecule has 1 fully saturated rings. The molecule has 3 amide bonds. The van der Waals surface area contributed by atoms with Crippen molar-refractivity contribution in [2.24, 2.45) is 0 Å². The summed E-state index contributed by atoms with van der Waals surface area (Å²) in [5.74, 6) is -0.244. The number of hydrogen-bond acceptors (Lipinski definition) is 2. The molecular formula is C16H20FN3O2. The molecule has 1 heterocycles. The van der Waals surface area contributed by atoms with E-state index in [0.717, 1.165) is 5.56 Å². The van der Waals surface area contributed by atoms with Crippen molar-refractivity contribution >= 4 is 11.9 Å². The van der Waals surface area contributed by atoms with Crippen LogP contribution >= 0.6 is 0 Å². The van der Waals surface area contributed by atoms with Crippen LogP contribution in [0.1, 0.15) is 12.0 Å². The molecule has 2 rings (SSSR count). The van der Waals surface area contributed by atoms with Gasteiger partial charge in [0, 0.05) is 26.1 Å². The summed E-state index contributed by atoms with van der Waals surface area (Å²) >= 11 is 0. The van der Waals surface area contributed by atoms with Gasteiger partial charge in [0.25, 0.3) is 0 Å². The van der Waals surface area contributed by atoms with Gasteiger partial charge in [0.15, 0.2) is 0 Å². The van der Waals surface area contributed by atoms with E-state index in [9.17, 15) is 14.0 Å². The second kappa shape index (κ2) is 7.59. The molecule has 1 atom stereocenters. The van der Waals surface area contributed by atoms with Crippen molar-refractivity contribution in [2.45, 2.75) is 18.9 Å². The number of amides is 3. The molecule has 1 aromatic rings. The molecule has 0 radical (unpaired) electrons. The number of rotatable bonds is 6. The highest BCUT2D eigenvalue weighted by molar-refractivity contribution is 5.81. The Balaban J connectivity index is 1.78. The van der Waals surface area contributed by atoms with Crippen LogP contribution in [0.3, 0.4) is 0 Å². The van der Waals surface area contributed by atoms with E-state index in [2.05, 4.69) is 17.2 Å². The Hall–Kier alpha value is -2.37. The first-order chi connectivity index (χ1) is 10.6. The van der Waals surface area contributed by atoms with Crippen molar-refractivity contribution in [3.05, 3.63) is 48.3 Å². The number of benzene rings is 1. The predicted octanol–water partition coefficient (Wildman–Crippen LogP) is 1.45. The van der Waals surface area contributed by atoms with Crippen molar-refractivity contribution in [3.8, 4) is 0 Å². The molecule has 1 aliphatic heterocycles. The molecule has 0 spiro atoms. The van der Waals surface area contributed by atoms with E-state index in [-0.39, 0.29) is 23.8 Å². The Morgan fingerprint density at radius 2 is 2.14 bits per heavy atom. The average molecular weight is 305 g/mol. The van der Waals surface area contributed by atoms with E-state index < -0.39 is 0 Å². The standard InChI is InChI=1S/C16H20FN3O2/c1-2-8-18-16(22)19-14-10-15(21)20(11-14)9-7-12-3-5-13(17)6-4-12/h2-6,14H,1,7-11H2,(H2,18,19,22). The lowest BCUT2D eigenvalue weighted by atomic mass is 10.1. The highest BCUT2D eigenvalue weighted by Gasteiger charge is 2.30. The van der Waals surface area contributed by atoms with Crippen LogP contribution in [-0.4, -0.2) is 42.5 Å². The summed E-state index contributed by atoms with van der Waals surface area (Å²) in [7, 11) is 0. The van der Waals surface area contributed by atoms with Crippen molar-refractivity contribution < 1.29 is 14.0 Å². The molecule has 0 saturated carbocycles. The number of hydrogen-bond donors (Lipinski definition) is 2. The fourth-order valence-electron chi connectivity index (χ4n) is 2.40. The van der Waals surface area contributed by atoms with Crippen LogP contribution in [0, 0.1) is 5.82 Å². The van der Waals surface area contributed by atoms with Gasteiger partial charge in [0.05, 0.1) is 6.04 Å². The van der Waals surface area contributed by atoms with Gasteiger partial charge in [-0.25, -0.2) is 9.18 Å². The smallest absolute Gasteiger partial charge is 0.315 e. The molecule has 1 aliphatic rings. The Labute approximate surface area is 129 Å². The third kappa shape index (κ3) is 4.58. The highest BCUT2D eigenvalue weighted by atomic mass is 19.1. The van der Waals surface area contributed by atoms with Gasteiger partial charge in [-0.3, -0.25) is 4.79 Å². The summed E-state index contributed by atoms with van der Waals surface area (Å²) in [6.07, 6.45) is 2.57. The number of nitrogens with one attached hydrogen (secondary N) is 2. The van der Waals surface area contributed by atoms with E-state index in [4.69, 9.17) is 0 Å². The lowest BCUT2D eigenvalue weighted by molar-refractivity contribution is -0.127. The molecular weight excluding hydrogens is 285 g/mol. The first-order valence-corrected chi connectivity index (χ1v) is 7.26. The van der Waals surface area contributed by atoms with E-state index in [1.807, 2.05) is 0 Å². The minimum Gasteiger partial charge on any atom is -0.340 e. The lowest BCUT2D eigenvalue weighted by Crippen LogP contribution is -2.43. The van der Waals surface area contributed by atoms with Gasteiger partial charge >= 0.3 is 6.03 Å². The number of urea groups is 1. The van der Waals surface area contributed by atoms with Gasteiger partial charge in [0.2, 0.25) is 5.91 Å². The molecule has 118 valence electrons. The molecule has 6 heteroatoms. The van der Waals surface area contributed by atoms with Crippen molar-refractivity contribution in [3.63, 3.8) is 0 Å². The molecule has 1 saturated heterocycles. The number of halogens is 1. The van der Waals surface area contributed by atoms with Gasteiger partial charge in [-0.2, -0.15) is 0 Å². The van der Waals surface area contributed by atoms with Crippen LogP contribution in [0.4, 0.5) is 9.18 Å². The molecule has 0 aliphatic carbocycles. The maximum absolute atomic E-state index is 12.8. The van der Waals surface area contributed by atoms with E-state index >= 15 is 0 Å². The van der Waals surface area contributed by atoms with Gasteiger partial charge in [-0.15, -0.1) is 6.58 Å². The van der Waals surface area contributed by atoms with Gasteiger partial charge in [-0.1, -0.05) is 18.2 Å².